The lowest BCUT2D eigenvalue weighted by atomic mass is 10.0. The van der Waals surface area contributed by atoms with Crippen LogP contribution in [0.15, 0.2) is 9.63 Å². The van der Waals surface area contributed by atoms with Gasteiger partial charge in [0.15, 0.2) is 4.60 Å². The van der Waals surface area contributed by atoms with Crippen LogP contribution in [0.2, 0.25) is 0 Å². The van der Waals surface area contributed by atoms with Crippen molar-refractivity contribution in [2.45, 2.75) is 24.4 Å². The van der Waals surface area contributed by atoms with Gasteiger partial charge in [0.05, 0.1) is 12.6 Å². The molecule has 2 unspecified atom stereocenters. The second kappa shape index (κ2) is 4.87. The second-order valence-corrected chi connectivity index (χ2v) is 7.00. The zero-order valence-electron chi connectivity index (χ0n) is 10.1. The zero-order chi connectivity index (χ0) is 13.5. The van der Waals surface area contributed by atoms with Gasteiger partial charge in [-0.2, -0.15) is 4.31 Å². The summed E-state index contributed by atoms with van der Waals surface area (Å²) in [7, 11) is -2.16. The van der Waals surface area contributed by atoms with Gasteiger partial charge in [-0.25, -0.2) is 13.1 Å². The fourth-order valence-electron chi connectivity index (χ4n) is 2.25. The Bertz CT molecular complexity index is 525. The van der Waals surface area contributed by atoms with Crippen molar-refractivity contribution in [1.82, 2.24) is 19.3 Å². The van der Waals surface area contributed by atoms with Crippen molar-refractivity contribution < 1.29 is 13.5 Å². The van der Waals surface area contributed by atoms with Crippen LogP contribution in [0.3, 0.4) is 0 Å². The molecule has 1 aromatic rings. The van der Waals surface area contributed by atoms with Gasteiger partial charge in [0, 0.05) is 13.6 Å². The van der Waals surface area contributed by atoms with Crippen molar-refractivity contribution in [1.29, 1.82) is 0 Å². The predicted molar refractivity (Wildman–Crippen MR) is 67.2 cm³/mol. The third-order valence-corrected chi connectivity index (χ3v) is 6.12. The summed E-state index contributed by atoms with van der Waals surface area (Å²) in [6, 6.07) is -0.378. The largest absolute Gasteiger partial charge is 0.395 e. The summed E-state index contributed by atoms with van der Waals surface area (Å²) in [5.41, 5.74) is 0. The van der Waals surface area contributed by atoms with E-state index in [1.807, 2.05) is 6.92 Å². The van der Waals surface area contributed by atoms with Gasteiger partial charge < -0.3 is 5.11 Å². The Morgan fingerprint density at radius 2 is 2.22 bits per heavy atom. The average Bonchev–Trinajstić information content (AvgIpc) is 2.82. The minimum atomic E-state index is -3.69. The van der Waals surface area contributed by atoms with Gasteiger partial charge in [0.2, 0.25) is 5.03 Å². The van der Waals surface area contributed by atoms with Crippen LogP contribution in [0, 0.1) is 5.92 Å². The first kappa shape index (κ1) is 13.9. The number of aryl methyl sites for hydroxylation is 1. The van der Waals surface area contributed by atoms with Crippen LogP contribution in [0.4, 0.5) is 0 Å². The van der Waals surface area contributed by atoms with Crippen molar-refractivity contribution in [3.63, 3.8) is 0 Å². The molecule has 1 aliphatic heterocycles. The highest BCUT2D eigenvalue weighted by molar-refractivity contribution is 9.10. The maximum absolute atomic E-state index is 12.5. The molecule has 0 spiro atoms. The molecule has 18 heavy (non-hydrogen) atoms. The number of rotatable bonds is 3. The molecule has 2 atom stereocenters. The number of aliphatic hydroxyl groups is 1. The average molecular weight is 339 g/mol. The van der Waals surface area contributed by atoms with Crippen LogP contribution in [-0.4, -0.2) is 52.0 Å². The van der Waals surface area contributed by atoms with Gasteiger partial charge in [0.25, 0.3) is 10.0 Å². The minimum absolute atomic E-state index is 0.0232. The second-order valence-electron chi connectivity index (χ2n) is 4.44. The number of hydrogen-bond acceptors (Lipinski definition) is 5. The van der Waals surface area contributed by atoms with E-state index in [0.29, 0.717) is 6.54 Å². The van der Waals surface area contributed by atoms with E-state index in [4.69, 9.17) is 0 Å². The molecule has 0 saturated carbocycles. The van der Waals surface area contributed by atoms with Crippen molar-refractivity contribution in [3.05, 3.63) is 4.60 Å². The van der Waals surface area contributed by atoms with E-state index in [0.717, 1.165) is 6.42 Å². The van der Waals surface area contributed by atoms with Crippen molar-refractivity contribution in [3.8, 4) is 0 Å². The van der Waals surface area contributed by atoms with E-state index in [9.17, 15) is 13.5 Å². The molecular weight excluding hydrogens is 324 g/mol. The summed E-state index contributed by atoms with van der Waals surface area (Å²) in [6.45, 7) is 2.17. The number of nitrogens with zero attached hydrogens (tertiary/aromatic N) is 4. The van der Waals surface area contributed by atoms with E-state index < -0.39 is 10.0 Å². The first-order valence-corrected chi connectivity index (χ1v) is 7.80. The van der Waals surface area contributed by atoms with Crippen LogP contribution >= 0.6 is 15.9 Å². The fourth-order valence-corrected chi connectivity index (χ4v) is 5.01. The standard InChI is InChI=1S/C9H15BrN4O3S/c1-6-3-4-14(7(6)5-15)18(16,17)9-8(10)11-12-13(9)2/h6-7,15H,3-5H2,1-2H3. The lowest BCUT2D eigenvalue weighted by Crippen LogP contribution is -2.40. The minimum Gasteiger partial charge on any atom is -0.395 e. The van der Waals surface area contributed by atoms with E-state index in [2.05, 4.69) is 26.2 Å². The highest BCUT2D eigenvalue weighted by Gasteiger charge is 2.41. The summed E-state index contributed by atoms with van der Waals surface area (Å²) in [4.78, 5) is 0. The molecule has 7 nitrogen and oxygen atoms in total. The monoisotopic (exact) mass is 338 g/mol. The van der Waals surface area contributed by atoms with Crippen molar-refractivity contribution in [2.75, 3.05) is 13.2 Å². The number of sulfonamides is 1. The van der Waals surface area contributed by atoms with Crippen LogP contribution < -0.4 is 0 Å². The molecule has 0 aliphatic carbocycles. The van der Waals surface area contributed by atoms with Gasteiger partial charge in [-0.1, -0.05) is 12.1 Å². The molecule has 1 aromatic heterocycles. The third kappa shape index (κ3) is 2.09. The van der Waals surface area contributed by atoms with Gasteiger partial charge in [-0.15, -0.1) is 5.10 Å². The van der Waals surface area contributed by atoms with Crippen LogP contribution in [0.25, 0.3) is 0 Å². The topological polar surface area (TPSA) is 88.3 Å². The maximum Gasteiger partial charge on any atom is 0.263 e. The first-order chi connectivity index (χ1) is 8.39. The Labute approximate surface area is 114 Å². The summed E-state index contributed by atoms with van der Waals surface area (Å²) >= 11 is 3.09. The Morgan fingerprint density at radius 1 is 1.56 bits per heavy atom. The van der Waals surface area contributed by atoms with Crippen molar-refractivity contribution in [2.24, 2.45) is 13.0 Å². The molecule has 2 heterocycles. The Balaban J connectivity index is 2.44. The molecule has 2 rings (SSSR count). The Kier molecular flexibility index (Phi) is 3.77. The molecule has 1 saturated heterocycles. The summed E-state index contributed by atoms with van der Waals surface area (Å²) in [5, 5.41) is 16.7. The molecule has 0 aromatic carbocycles. The number of aliphatic hydroxyl groups excluding tert-OH is 1. The molecule has 0 radical (unpaired) electrons. The van der Waals surface area contributed by atoms with Gasteiger partial charge >= 0.3 is 0 Å². The fraction of sp³-hybridized carbons (Fsp3) is 0.778. The summed E-state index contributed by atoms with van der Waals surface area (Å²) in [5.74, 6) is 0.143. The molecule has 102 valence electrons. The molecule has 9 heteroatoms. The quantitative estimate of drug-likeness (QED) is 0.835. The van der Waals surface area contributed by atoms with E-state index in [-0.39, 0.29) is 28.2 Å². The molecule has 1 aliphatic rings. The molecule has 1 fully saturated rings. The van der Waals surface area contributed by atoms with E-state index in [1.54, 1.807) is 0 Å². The van der Waals surface area contributed by atoms with Crippen LogP contribution in [0.5, 0.6) is 0 Å². The lowest BCUT2D eigenvalue weighted by Gasteiger charge is -2.24. The molecule has 0 amide bonds. The van der Waals surface area contributed by atoms with E-state index in [1.165, 1.54) is 16.0 Å². The van der Waals surface area contributed by atoms with E-state index >= 15 is 0 Å². The van der Waals surface area contributed by atoms with Gasteiger partial charge in [0.1, 0.15) is 0 Å². The van der Waals surface area contributed by atoms with Crippen LogP contribution in [0.1, 0.15) is 13.3 Å². The number of halogens is 1. The zero-order valence-corrected chi connectivity index (χ0v) is 12.5. The predicted octanol–water partition coefficient (Wildman–Crippen LogP) is -0.0310. The van der Waals surface area contributed by atoms with Gasteiger partial charge in [-0.3, -0.25) is 0 Å². The smallest absolute Gasteiger partial charge is 0.263 e. The number of hydrogen-bond donors (Lipinski definition) is 1. The lowest BCUT2D eigenvalue weighted by molar-refractivity contribution is 0.190. The first-order valence-electron chi connectivity index (χ1n) is 5.57. The summed E-state index contributed by atoms with van der Waals surface area (Å²) in [6.07, 6.45) is 0.743. The molecular formula is C9H15BrN4O3S. The van der Waals surface area contributed by atoms with Crippen LogP contribution in [-0.2, 0) is 17.1 Å². The van der Waals surface area contributed by atoms with Gasteiger partial charge in [-0.05, 0) is 28.3 Å². The Morgan fingerprint density at radius 3 is 2.72 bits per heavy atom. The third-order valence-electron chi connectivity index (χ3n) is 3.31. The number of aromatic nitrogens is 3. The van der Waals surface area contributed by atoms with Crippen molar-refractivity contribution >= 4 is 26.0 Å². The maximum atomic E-state index is 12.5. The molecule has 1 N–H and O–H groups in total. The normalized spacial score (nSPS) is 25.8. The highest BCUT2D eigenvalue weighted by Crippen LogP contribution is 2.31. The Hall–Kier alpha value is -0.510. The SMILES string of the molecule is CC1CCN(S(=O)(=O)c2c(Br)nnn2C)C1CO. The highest BCUT2D eigenvalue weighted by atomic mass is 79.9. The summed E-state index contributed by atoms with van der Waals surface area (Å²) < 4.78 is 27.8. The molecule has 0 bridgehead atoms.